The molecule has 3 atom stereocenters. The van der Waals surface area contributed by atoms with Crippen molar-refractivity contribution in [1.29, 1.82) is 0 Å². The molecule has 1 aliphatic rings. The average Bonchev–Trinajstić information content (AvgIpc) is 3.26. The zero-order valence-corrected chi connectivity index (χ0v) is 21.0. The highest BCUT2D eigenvalue weighted by Crippen LogP contribution is 2.46. The van der Waals surface area contributed by atoms with Crippen LogP contribution >= 0.6 is 11.8 Å². The third-order valence-electron chi connectivity index (χ3n) is 5.82. The first-order chi connectivity index (χ1) is 16.4. The van der Waals surface area contributed by atoms with E-state index in [-0.39, 0.29) is 5.75 Å². The van der Waals surface area contributed by atoms with Crippen LogP contribution in [0.1, 0.15) is 43.1 Å². The topological polar surface area (TPSA) is 103 Å². The molecule has 8 heteroatoms. The van der Waals surface area contributed by atoms with E-state index in [9.17, 15) is 15.0 Å². The van der Waals surface area contributed by atoms with Crippen LogP contribution in [0.5, 0.6) is 5.75 Å². The number of carbonyl (C=O) groups is 1. The molecule has 1 aliphatic heterocycles. The van der Waals surface area contributed by atoms with Gasteiger partial charge in [0.15, 0.2) is 6.29 Å². The van der Waals surface area contributed by atoms with Crippen LogP contribution in [0.4, 0.5) is 5.69 Å². The number of hydrogen-bond acceptors (Lipinski definition) is 8. The summed E-state index contributed by atoms with van der Waals surface area (Å²) < 4.78 is 5.35. The molecule has 0 spiro atoms. The van der Waals surface area contributed by atoms with E-state index in [1.807, 2.05) is 0 Å². The molecule has 1 unspecified atom stereocenters. The van der Waals surface area contributed by atoms with Crippen molar-refractivity contribution < 1.29 is 19.7 Å². The van der Waals surface area contributed by atoms with Gasteiger partial charge in [0.2, 0.25) is 0 Å². The number of aliphatic hydroxyl groups is 1. The number of phenols is 1. The van der Waals surface area contributed by atoms with Crippen molar-refractivity contribution >= 4 is 23.7 Å². The number of anilines is 1. The van der Waals surface area contributed by atoms with Crippen LogP contribution in [-0.2, 0) is 22.5 Å². The normalized spacial score (nSPS) is 16.8. The number of methoxy groups -OCH3 is 1. The molecule has 0 fully saturated rings. The molecule has 7 nitrogen and oxygen atoms in total. The van der Waals surface area contributed by atoms with Crippen LogP contribution in [0.25, 0.3) is 0 Å². The zero-order valence-electron chi connectivity index (χ0n) is 20.2. The van der Waals surface area contributed by atoms with E-state index in [2.05, 4.69) is 54.1 Å². The Morgan fingerprint density at radius 1 is 1.24 bits per heavy atom. The van der Waals surface area contributed by atoms with Gasteiger partial charge in [0.1, 0.15) is 11.1 Å². The molecule has 0 saturated carbocycles. The van der Waals surface area contributed by atoms with Crippen LogP contribution in [0.2, 0.25) is 0 Å². The number of carbonyl (C=O) groups excluding carboxylic acids is 1. The lowest BCUT2D eigenvalue weighted by atomic mass is 10.0. The second kappa shape index (κ2) is 13.1. The molecule has 0 radical (unpaired) electrons. The lowest BCUT2D eigenvalue weighted by molar-refractivity contribution is -0.107. The number of nitrogens with one attached hydrogen (secondary N) is 3. The van der Waals surface area contributed by atoms with Gasteiger partial charge < -0.3 is 35.7 Å². The first kappa shape index (κ1) is 26.5. The van der Waals surface area contributed by atoms with Gasteiger partial charge in [0.05, 0.1) is 18.4 Å². The van der Waals surface area contributed by atoms with Crippen LogP contribution in [-0.4, -0.2) is 54.7 Å². The summed E-state index contributed by atoms with van der Waals surface area (Å²) in [5, 5.41) is 30.2. The van der Waals surface area contributed by atoms with Gasteiger partial charge in [-0.2, -0.15) is 0 Å². The van der Waals surface area contributed by atoms with E-state index < -0.39 is 11.5 Å². The minimum Gasteiger partial charge on any atom is -0.506 e. The minimum atomic E-state index is -0.733. The van der Waals surface area contributed by atoms with E-state index in [0.29, 0.717) is 36.4 Å². The second-order valence-corrected chi connectivity index (χ2v) is 10.3. The first-order valence-electron chi connectivity index (χ1n) is 11.8. The maximum absolute atomic E-state index is 11.1. The van der Waals surface area contributed by atoms with Gasteiger partial charge in [0, 0.05) is 31.1 Å². The number of ether oxygens (including phenoxy) is 1. The summed E-state index contributed by atoms with van der Waals surface area (Å²) in [5.74, 6) is 0.701. The number of aldehydes is 1. The number of rotatable bonds is 14. The monoisotopic (exact) mass is 487 g/mol. The molecular formula is C26H37N3O4S. The maximum atomic E-state index is 11.1. The quantitative estimate of drug-likeness (QED) is 0.157. The van der Waals surface area contributed by atoms with Crippen molar-refractivity contribution in [3.8, 4) is 5.75 Å². The summed E-state index contributed by atoms with van der Waals surface area (Å²) in [6.07, 6.45) is 1.99. The number of fused-ring (bicyclic) bond motifs is 1. The molecule has 3 rings (SSSR count). The summed E-state index contributed by atoms with van der Waals surface area (Å²) >= 11 is 1.31. The maximum Gasteiger partial charge on any atom is 0.152 e. The molecule has 186 valence electrons. The van der Waals surface area contributed by atoms with E-state index in [0.717, 1.165) is 37.1 Å². The number of aromatic hydroxyl groups is 1. The Labute approximate surface area is 206 Å². The van der Waals surface area contributed by atoms with Gasteiger partial charge in [-0.1, -0.05) is 55.9 Å². The van der Waals surface area contributed by atoms with Crippen LogP contribution in [0.3, 0.4) is 0 Å². The zero-order chi connectivity index (χ0) is 24.5. The van der Waals surface area contributed by atoms with Gasteiger partial charge in [-0.25, -0.2) is 0 Å². The Morgan fingerprint density at radius 2 is 2.03 bits per heavy atom. The molecule has 34 heavy (non-hydrogen) atoms. The molecule has 0 amide bonds. The van der Waals surface area contributed by atoms with Gasteiger partial charge in [-0.05, 0) is 48.1 Å². The van der Waals surface area contributed by atoms with Crippen molar-refractivity contribution in [3.05, 3.63) is 53.1 Å². The Kier molecular flexibility index (Phi) is 10.2. The molecule has 1 heterocycles. The summed E-state index contributed by atoms with van der Waals surface area (Å²) in [7, 11) is 1.74. The SMILES string of the molecule is COC[C@H](CC(C)C)NCc1cccc(CCNC[C@H](O)c2ccc(O)c3c2SC(C=O)N3)c1. The minimum absolute atomic E-state index is 0.0860. The lowest BCUT2D eigenvalue weighted by Gasteiger charge is -2.20. The Hall–Kier alpha value is -2.10. The van der Waals surface area contributed by atoms with Crippen LogP contribution in [0.15, 0.2) is 41.3 Å². The fraction of sp³-hybridized carbons (Fsp3) is 0.500. The number of aliphatic hydroxyl groups excluding tert-OH is 1. The average molecular weight is 488 g/mol. The fourth-order valence-electron chi connectivity index (χ4n) is 4.20. The fourth-order valence-corrected chi connectivity index (χ4v) is 5.30. The highest BCUT2D eigenvalue weighted by molar-refractivity contribution is 8.01. The highest BCUT2D eigenvalue weighted by atomic mass is 32.2. The molecule has 2 aromatic rings. The summed E-state index contributed by atoms with van der Waals surface area (Å²) in [5.41, 5.74) is 3.72. The Balaban J connectivity index is 1.48. The van der Waals surface area contributed by atoms with Crippen molar-refractivity contribution in [2.24, 2.45) is 5.92 Å². The van der Waals surface area contributed by atoms with Gasteiger partial charge in [-0.3, -0.25) is 0 Å². The largest absolute Gasteiger partial charge is 0.506 e. The number of hydrogen-bond donors (Lipinski definition) is 5. The van der Waals surface area contributed by atoms with Crippen molar-refractivity contribution in [1.82, 2.24) is 10.6 Å². The van der Waals surface area contributed by atoms with E-state index in [1.54, 1.807) is 19.2 Å². The van der Waals surface area contributed by atoms with E-state index in [1.165, 1.54) is 22.9 Å². The lowest BCUT2D eigenvalue weighted by Crippen LogP contribution is -2.34. The Bertz CT molecular complexity index is 940. The molecular weight excluding hydrogens is 450 g/mol. The van der Waals surface area contributed by atoms with E-state index in [4.69, 9.17) is 4.74 Å². The first-order valence-corrected chi connectivity index (χ1v) is 12.7. The summed E-state index contributed by atoms with van der Waals surface area (Å²) in [6, 6.07) is 12.2. The van der Waals surface area contributed by atoms with Crippen molar-refractivity contribution in [2.75, 3.05) is 32.1 Å². The number of benzene rings is 2. The van der Waals surface area contributed by atoms with Gasteiger partial charge in [0.25, 0.3) is 0 Å². The predicted molar refractivity (Wildman–Crippen MR) is 137 cm³/mol. The van der Waals surface area contributed by atoms with Crippen molar-refractivity contribution in [3.63, 3.8) is 0 Å². The Morgan fingerprint density at radius 3 is 2.76 bits per heavy atom. The summed E-state index contributed by atoms with van der Waals surface area (Å²) in [6.45, 7) is 7.08. The second-order valence-electron chi connectivity index (χ2n) is 9.15. The smallest absolute Gasteiger partial charge is 0.152 e. The third kappa shape index (κ3) is 7.45. The molecule has 0 saturated heterocycles. The number of phenolic OH excluding ortho intramolecular Hbond substituents is 1. The molecule has 5 N–H and O–H groups in total. The van der Waals surface area contributed by atoms with E-state index >= 15 is 0 Å². The van der Waals surface area contributed by atoms with Crippen LogP contribution in [0, 0.1) is 5.92 Å². The van der Waals surface area contributed by atoms with Crippen molar-refractivity contribution in [2.45, 2.75) is 55.6 Å². The molecule has 0 bridgehead atoms. The van der Waals surface area contributed by atoms with Gasteiger partial charge >= 0.3 is 0 Å². The third-order valence-corrected chi connectivity index (χ3v) is 6.98. The van der Waals surface area contributed by atoms with Crippen LogP contribution < -0.4 is 16.0 Å². The highest BCUT2D eigenvalue weighted by Gasteiger charge is 2.28. The predicted octanol–water partition coefficient (Wildman–Crippen LogP) is 3.45. The summed E-state index contributed by atoms with van der Waals surface area (Å²) in [4.78, 5) is 11.9. The molecule has 2 aromatic carbocycles. The number of thioether (sulfide) groups is 1. The molecule has 0 aliphatic carbocycles. The standard InChI is InChI=1S/C26H37N3O4S/c1-17(2)11-20(16-33-3)28-13-19-6-4-5-18(12-19)9-10-27-14-23(32)21-7-8-22(31)25-26(21)34-24(15-30)29-25/h4-8,12,15,17,20,23-24,27-29,31-32H,9-11,13-14,16H2,1-3H3/t20-,23-,24?/m0/s1. The molecule has 0 aromatic heterocycles. The van der Waals surface area contributed by atoms with Gasteiger partial charge in [-0.15, -0.1) is 0 Å².